The molecule has 1 amide bonds. The van der Waals surface area contributed by atoms with E-state index in [1.165, 1.54) is 0 Å². The zero-order valence-corrected chi connectivity index (χ0v) is 16.4. The van der Waals surface area contributed by atoms with E-state index in [1.807, 2.05) is 45.0 Å². The summed E-state index contributed by atoms with van der Waals surface area (Å²) in [6.07, 6.45) is 2.44. The van der Waals surface area contributed by atoms with Gasteiger partial charge in [0.25, 0.3) is 0 Å². The first-order valence-electron chi connectivity index (χ1n) is 9.51. The van der Waals surface area contributed by atoms with Gasteiger partial charge in [-0.2, -0.15) is 0 Å². The van der Waals surface area contributed by atoms with E-state index in [9.17, 15) is 4.79 Å². The van der Waals surface area contributed by atoms with Crippen molar-refractivity contribution in [3.8, 4) is 5.75 Å². The number of amides is 1. The molecule has 1 aliphatic heterocycles. The summed E-state index contributed by atoms with van der Waals surface area (Å²) in [5.41, 5.74) is 8.02. The number of pyridine rings is 1. The van der Waals surface area contributed by atoms with Crippen molar-refractivity contribution >= 4 is 22.5 Å². The Morgan fingerprint density at radius 1 is 1.44 bits per heavy atom. The third kappa shape index (κ3) is 5.10. The Hall–Kier alpha value is -2.34. The lowest BCUT2D eigenvalue weighted by Gasteiger charge is -2.27. The van der Waals surface area contributed by atoms with Gasteiger partial charge in [-0.1, -0.05) is 6.07 Å². The number of hydrogen-bond donors (Lipinski definition) is 2. The van der Waals surface area contributed by atoms with Gasteiger partial charge in [-0.15, -0.1) is 0 Å². The van der Waals surface area contributed by atoms with Gasteiger partial charge in [-0.3, -0.25) is 9.78 Å². The molecule has 1 atom stereocenters. The Morgan fingerprint density at radius 3 is 3.00 bits per heavy atom. The highest BCUT2D eigenvalue weighted by Gasteiger charge is 2.23. The maximum Gasteiger partial charge on any atom is 0.220 e. The zero-order valence-electron chi connectivity index (χ0n) is 16.4. The van der Waals surface area contributed by atoms with Gasteiger partial charge in [0, 0.05) is 31.0 Å². The quantitative estimate of drug-likeness (QED) is 0.780. The molecule has 6 nitrogen and oxygen atoms in total. The Kier molecular flexibility index (Phi) is 5.85. The Morgan fingerprint density at radius 2 is 2.26 bits per heavy atom. The number of nitrogens with zero attached hydrogens (tertiary/aromatic N) is 1. The number of aryl methyl sites for hydroxylation is 1. The Bertz CT molecular complexity index is 814. The van der Waals surface area contributed by atoms with E-state index in [4.69, 9.17) is 15.2 Å². The van der Waals surface area contributed by atoms with Crippen LogP contribution in [0.15, 0.2) is 24.3 Å². The van der Waals surface area contributed by atoms with Crippen LogP contribution in [0.2, 0.25) is 0 Å². The normalized spacial score (nSPS) is 17.2. The minimum Gasteiger partial charge on any atom is -0.490 e. The van der Waals surface area contributed by atoms with Gasteiger partial charge in [0.2, 0.25) is 5.91 Å². The molecule has 0 aliphatic carbocycles. The lowest BCUT2D eigenvalue weighted by Crippen LogP contribution is -2.47. The molecule has 1 aliphatic rings. The van der Waals surface area contributed by atoms with E-state index in [2.05, 4.69) is 10.3 Å². The van der Waals surface area contributed by atoms with Crippen LogP contribution in [0.1, 0.15) is 38.8 Å². The van der Waals surface area contributed by atoms with E-state index in [0.717, 1.165) is 42.7 Å². The van der Waals surface area contributed by atoms with E-state index < -0.39 is 5.54 Å². The zero-order chi connectivity index (χ0) is 19.4. The maximum atomic E-state index is 12.3. The average molecular weight is 371 g/mol. The summed E-state index contributed by atoms with van der Waals surface area (Å²) in [5, 5.41) is 3.88. The molecular weight excluding hydrogens is 342 g/mol. The van der Waals surface area contributed by atoms with E-state index in [-0.39, 0.29) is 5.91 Å². The number of nitrogens with two attached hydrogens (primary N) is 1. The van der Waals surface area contributed by atoms with Crippen LogP contribution < -0.4 is 15.8 Å². The molecule has 3 rings (SSSR count). The Balaban J connectivity index is 1.59. The summed E-state index contributed by atoms with van der Waals surface area (Å²) in [5.74, 6) is 1.23. The minimum atomic E-state index is -0.488. The Labute approximate surface area is 160 Å². The number of carbonyl (C=O) groups excluding carboxylic acids is 1. The molecule has 0 radical (unpaired) electrons. The largest absolute Gasteiger partial charge is 0.490 e. The van der Waals surface area contributed by atoms with Crippen LogP contribution >= 0.6 is 0 Å². The number of rotatable bonds is 7. The third-order valence-electron chi connectivity index (χ3n) is 4.82. The van der Waals surface area contributed by atoms with Crippen molar-refractivity contribution in [1.82, 2.24) is 10.3 Å². The molecule has 1 fully saturated rings. The number of carbonyl (C=O) groups is 1. The van der Waals surface area contributed by atoms with Gasteiger partial charge in [-0.25, -0.2) is 0 Å². The van der Waals surface area contributed by atoms with Gasteiger partial charge in [0.05, 0.1) is 16.4 Å². The van der Waals surface area contributed by atoms with Crippen molar-refractivity contribution in [2.45, 2.75) is 45.6 Å². The summed E-state index contributed by atoms with van der Waals surface area (Å²) in [4.78, 5) is 16.8. The predicted octanol–water partition coefficient (Wildman–Crippen LogP) is 3.22. The second-order valence-electron chi connectivity index (χ2n) is 7.99. The molecule has 1 saturated heterocycles. The first kappa shape index (κ1) is 19.4. The molecular formula is C21H29N3O3. The van der Waals surface area contributed by atoms with Crippen LogP contribution in [0.3, 0.4) is 0 Å². The lowest BCUT2D eigenvalue weighted by molar-refractivity contribution is -0.123. The maximum absolute atomic E-state index is 12.3. The fourth-order valence-corrected chi connectivity index (χ4v) is 3.42. The van der Waals surface area contributed by atoms with E-state index in [0.29, 0.717) is 30.4 Å². The topological polar surface area (TPSA) is 86.5 Å². The van der Waals surface area contributed by atoms with Gasteiger partial charge in [0.1, 0.15) is 12.4 Å². The van der Waals surface area contributed by atoms with Gasteiger partial charge in [0.15, 0.2) is 0 Å². The van der Waals surface area contributed by atoms with E-state index >= 15 is 0 Å². The average Bonchev–Trinajstić information content (AvgIpc) is 3.11. The van der Waals surface area contributed by atoms with Gasteiger partial charge < -0.3 is 20.5 Å². The molecule has 3 N–H and O–H groups in total. The molecule has 0 saturated carbocycles. The monoisotopic (exact) mass is 371 g/mol. The van der Waals surface area contributed by atoms with Crippen LogP contribution in [-0.2, 0) is 9.53 Å². The van der Waals surface area contributed by atoms with Crippen molar-refractivity contribution in [2.75, 3.05) is 25.6 Å². The molecule has 1 unspecified atom stereocenters. The highest BCUT2D eigenvalue weighted by molar-refractivity contribution is 5.95. The number of anilines is 1. The van der Waals surface area contributed by atoms with Crippen LogP contribution in [0.5, 0.6) is 5.75 Å². The van der Waals surface area contributed by atoms with Crippen LogP contribution in [0.25, 0.3) is 10.9 Å². The number of nitrogen functional groups attached to an aromatic ring is 1. The van der Waals surface area contributed by atoms with Gasteiger partial charge in [-0.05, 0) is 57.7 Å². The fourth-order valence-electron chi connectivity index (χ4n) is 3.42. The number of hydrogen-bond acceptors (Lipinski definition) is 5. The number of aromatic nitrogens is 1. The highest BCUT2D eigenvalue weighted by atomic mass is 16.5. The first-order chi connectivity index (χ1) is 12.8. The number of benzene rings is 1. The SMILES string of the molecule is Cc1cc(N)c2c(OCC(C)(C)NC(=O)CCC3CCOC3)cccc2n1. The van der Waals surface area contributed by atoms with E-state index in [1.54, 1.807) is 0 Å². The van der Waals surface area contributed by atoms with Crippen molar-refractivity contribution in [2.24, 2.45) is 5.92 Å². The summed E-state index contributed by atoms with van der Waals surface area (Å²) in [6, 6.07) is 7.55. The highest BCUT2D eigenvalue weighted by Crippen LogP contribution is 2.30. The minimum absolute atomic E-state index is 0.0465. The molecule has 1 aromatic carbocycles. The molecule has 0 bridgehead atoms. The second kappa shape index (κ2) is 8.13. The fraction of sp³-hybridized carbons (Fsp3) is 0.524. The molecule has 1 aromatic heterocycles. The second-order valence-corrected chi connectivity index (χ2v) is 7.99. The van der Waals surface area contributed by atoms with Crippen LogP contribution in [-0.4, -0.2) is 36.3 Å². The van der Waals surface area contributed by atoms with Gasteiger partial charge >= 0.3 is 0 Å². The number of nitrogens with one attached hydrogen (secondary N) is 1. The summed E-state index contributed by atoms with van der Waals surface area (Å²) in [7, 11) is 0. The molecule has 146 valence electrons. The number of fused-ring (bicyclic) bond motifs is 1. The van der Waals surface area contributed by atoms with Crippen molar-refractivity contribution in [3.63, 3.8) is 0 Å². The predicted molar refractivity (Wildman–Crippen MR) is 107 cm³/mol. The van der Waals surface area contributed by atoms with Crippen LogP contribution in [0.4, 0.5) is 5.69 Å². The molecule has 2 heterocycles. The smallest absolute Gasteiger partial charge is 0.220 e. The summed E-state index contributed by atoms with van der Waals surface area (Å²) < 4.78 is 11.4. The van der Waals surface area contributed by atoms with Crippen molar-refractivity contribution in [3.05, 3.63) is 30.0 Å². The molecule has 0 spiro atoms. The molecule has 6 heteroatoms. The lowest BCUT2D eigenvalue weighted by atomic mass is 10.0. The third-order valence-corrected chi connectivity index (χ3v) is 4.82. The standard InChI is InChI=1S/C21H29N3O3/c1-14-11-16(22)20-17(23-14)5-4-6-18(20)27-13-21(2,3)24-19(25)8-7-15-9-10-26-12-15/h4-6,11,15H,7-10,12-13H2,1-3H3,(H2,22,23)(H,24,25). The molecule has 27 heavy (non-hydrogen) atoms. The summed E-state index contributed by atoms with van der Waals surface area (Å²) in [6.45, 7) is 7.77. The van der Waals surface area contributed by atoms with Crippen molar-refractivity contribution in [1.29, 1.82) is 0 Å². The summed E-state index contributed by atoms with van der Waals surface area (Å²) >= 11 is 0. The molecule has 2 aromatic rings. The first-order valence-corrected chi connectivity index (χ1v) is 9.51. The number of ether oxygens (including phenoxy) is 2. The van der Waals surface area contributed by atoms with Crippen molar-refractivity contribution < 1.29 is 14.3 Å². The van der Waals surface area contributed by atoms with Crippen LogP contribution in [0, 0.1) is 12.8 Å².